The van der Waals surface area contributed by atoms with Gasteiger partial charge in [0, 0.05) is 0 Å². The zero-order valence-electron chi connectivity index (χ0n) is 10.5. The molecule has 4 nitrogen and oxygen atoms in total. The number of benzene rings is 1. The second-order valence-corrected chi connectivity index (χ2v) is 4.81. The highest BCUT2D eigenvalue weighted by Gasteiger charge is 2.23. The van der Waals surface area contributed by atoms with E-state index < -0.39 is 17.5 Å². The summed E-state index contributed by atoms with van der Waals surface area (Å²) >= 11 is 5.33. The molecule has 0 fully saturated rings. The normalized spacial score (nSPS) is 10.9. The minimum Gasteiger partial charge on any atom is -0.456 e. The van der Waals surface area contributed by atoms with Gasteiger partial charge in [0.2, 0.25) is 0 Å². The SMILES string of the molecule is CC(C)(C)OC(=O)c1ccccc1C(=O)OCCl. The Bertz CT molecular complexity index is 449. The van der Waals surface area contributed by atoms with Crippen LogP contribution in [0.3, 0.4) is 0 Å². The molecular weight excluding hydrogens is 256 g/mol. The lowest BCUT2D eigenvalue weighted by Crippen LogP contribution is -2.25. The third kappa shape index (κ3) is 4.04. The number of hydrogen-bond donors (Lipinski definition) is 0. The smallest absolute Gasteiger partial charge is 0.340 e. The van der Waals surface area contributed by atoms with E-state index in [0.29, 0.717) is 0 Å². The molecular formula is C13H15ClO4. The molecule has 1 aromatic rings. The Balaban J connectivity index is 3.02. The Morgan fingerprint density at radius 3 is 2.06 bits per heavy atom. The standard InChI is InChI=1S/C13H15ClO4/c1-13(2,3)18-12(16)10-7-5-4-6-9(10)11(15)17-8-14/h4-7H,8H2,1-3H3. The number of esters is 2. The van der Waals surface area contributed by atoms with E-state index >= 15 is 0 Å². The van der Waals surface area contributed by atoms with E-state index in [-0.39, 0.29) is 17.2 Å². The van der Waals surface area contributed by atoms with Crippen LogP contribution < -0.4 is 0 Å². The molecule has 0 heterocycles. The molecule has 1 rings (SSSR count). The molecule has 0 saturated carbocycles. The van der Waals surface area contributed by atoms with Crippen LogP contribution in [-0.2, 0) is 9.47 Å². The van der Waals surface area contributed by atoms with Gasteiger partial charge in [-0.1, -0.05) is 23.7 Å². The Morgan fingerprint density at radius 2 is 1.61 bits per heavy atom. The van der Waals surface area contributed by atoms with E-state index in [9.17, 15) is 9.59 Å². The van der Waals surface area contributed by atoms with Crippen molar-refractivity contribution in [3.05, 3.63) is 35.4 Å². The van der Waals surface area contributed by atoms with E-state index in [0.717, 1.165) is 0 Å². The maximum Gasteiger partial charge on any atom is 0.340 e. The number of ether oxygens (including phenoxy) is 2. The highest BCUT2D eigenvalue weighted by atomic mass is 35.5. The van der Waals surface area contributed by atoms with Crippen LogP contribution in [0.2, 0.25) is 0 Å². The lowest BCUT2D eigenvalue weighted by atomic mass is 10.1. The Labute approximate surface area is 111 Å². The molecule has 0 atom stereocenters. The van der Waals surface area contributed by atoms with Gasteiger partial charge in [-0.2, -0.15) is 0 Å². The summed E-state index contributed by atoms with van der Waals surface area (Å²) in [6, 6.07) is 6.03. The van der Waals surface area contributed by atoms with Crippen LogP contribution in [0.5, 0.6) is 0 Å². The number of halogens is 1. The van der Waals surface area contributed by atoms with Crippen molar-refractivity contribution in [1.29, 1.82) is 0 Å². The summed E-state index contributed by atoms with van der Waals surface area (Å²) in [6.45, 7) is 5.26. The number of rotatable bonds is 3. The van der Waals surface area contributed by atoms with Gasteiger partial charge in [-0.3, -0.25) is 0 Å². The van der Waals surface area contributed by atoms with Crippen LogP contribution in [-0.4, -0.2) is 23.6 Å². The summed E-state index contributed by atoms with van der Waals surface area (Å²) in [6.07, 6.45) is 0. The fourth-order valence-corrected chi connectivity index (χ4v) is 1.40. The van der Waals surface area contributed by atoms with Crippen LogP contribution in [0.25, 0.3) is 0 Å². The fraction of sp³-hybridized carbons (Fsp3) is 0.385. The monoisotopic (exact) mass is 270 g/mol. The van der Waals surface area contributed by atoms with Gasteiger partial charge in [0.25, 0.3) is 0 Å². The minimum absolute atomic E-state index is 0.146. The Kier molecular flexibility index (Phi) is 4.73. The van der Waals surface area contributed by atoms with Crippen molar-refractivity contribution in [1.82, 2.24) is 0 Å². The van der Waals surface area contributed by atoms with E-state index in [1.807, 2.05) is 0 Å². The predicted molar refractivity (Wildman–Crippen MR) is 67.7 cm³/mol. The molecule has 0 aromatic heterocycles. The van der Waals surface area contributed by atoms with Gasteiger partial charge in [0.1, 0.15) is 5.60 Å². The summed E-state index contributed by atoms with van der Waals surface area (Å²) in [7, 11) is 0. The molecule has 0 aliphatic rings. The molecule has 0 aliphatic carbocycles. The Morgan fingerprint density at radius 1 is 1.11 bits per heavy atom. The summed E-state index contributed by atoms with van der Waals surface area (Å²) < 4.78 is 9.88. The highest BCUT2D eigenvalue weighted by molar-refractivity contribution is 6.18. The van der Waals surface area contributed by atoms with E-state index in [1.165, 1.54) is 12.1 Å². The molecule has 0 aliphatic heterocycles. The molecule has 98 valence electrons. The van der Waals surface area contributed by atoms with Gasteiger partial charge in [0.15, 0.2) is 6.07 Å². The first-order valence-electron chi connectivity index (χ1n) is 5.40. The lowest BCUT2D eigenvalue weighted by molar-refractivity contribution is 0.00650. The number of alkyl halides is 1. The van der Waals surface area contributed by atoms with Crippen molar-refractivity contribution in [2.45, 2.75) is 26.4 Å². The molecule has 1 aromatic carbocycles. The van der Waals surface area contributed by atoms with Gasteiger partial charge in [-0.05, 0) is 32.9 Å². The van der Waals surface area contributed by atoms with E-state index in [2.05, 4.69) is 4.74 Å². The van der Waals surface area contributed by atoms with Crippen molar-refractivity contribution in [2.24, 2.45) is 0 Å². The molecule has 0 radical (unpaired) electrons. The van der Waals surface area contributed by atoms with Crippen LogP contribution in [0.15, 0.2) is 24.3 Å². The maximum atomic E-state index is 11.9. The first-order chi connectivity index (χ1) is 8.35. The average molecular weight is 271 g/mol. The van der Waals surface area contributed by atoms with Crippen LogP contribution >= 0.6 is 11.6 Å². The number of carbonyl (C=O) groups is 2. The molecule has 0 unspecified atom stereocenters. The first kappa shape index (κ1) is 14.5. The summed E-state index contributed by atoms with van der Waals surface area (Å²) in [5.41, 5.74) is -0.310. The van der Waals surface area contributed by atoms with Crippen molar-refractivity contribution < 1.29 is 19.1 Å². The molecule has 0 N–H and O–H groups in total. The summed E-state index contributed by atoms with van der Waals surface area (Å²) in [5, 5.41) is 0. The minimum atomic E-state index is -0.647. The van der Waals surface area contributed by atoms with Crippen molar-refractivity contribution in [3.63, 3.8) is 0 Å². The molecule has 0 bridgehead atoms. The van der Waals surface area contributed by atoms with E-state index in [1.54, 1.807) is 32.9 Å². The molecule has 0 saturated heterocycles. The van der Waals surface area contributed by atoms with Crippen LogP contribution in [0.1, 0.15) is 41.5 Å². The fourth-order valence-electron chi connectivity index (χ4n) is 1.30. The van der Waals surface area contributed by atoms with Crippen LogP contribution in [0.4, 0.5) is 0 Å². The summed E-state index contributed by atoms with van der Waals surface area (Å²) in [5.74, 6) is -1.21. The molecule has 0 spiro atoms. The second kappa shape index (κ2) is 5.87. The predicted octanol–water partition coefficient (Wildman–Crippen LogP) is 3.00. The van der Waals surface area contributed by atoms with Crippen molar-refractivity contribution in [3.8, 4) is 0 Å². The molecule has 5 heteroatoms. The van der Waals surface area contributed by atoms with Crippen molar-refractivity contribution in [2.75, 3.05) is 6.07 Å². The summed E-state index contributed by atoms with van der Waals surface area (Å²) in [4.78, 5) is 23.5. The Hall–Kier alpha value is -1.55. The molecule has 18 heavy (non-hydrogen) atoms. The first-order valence-corrected chi connectivity index (χ1v) is 5.94. The van der Waals surface area contributed by atoms with Gasteiger partial charge in [-0.15, -0.1) is 0 Å². The zero-order valence-corrected chi connectivity index (χ0v) is 11.3. The van der Waals surface area contributed by atoms with Gasteiger partial charge < -0.3 is 9.47 Å². The van der Waals surface area contributed by atoms with Crippen LogP contribution in [0, 0.1) is 0 Å². The quantitative estimate of drug-likeness (QED) is 0.626. The maximum absolute atomic E-state index is 11.9. The largest absolute Gasteiger partial charge is 0.456 e. The third-order valence-corrected chi connectivity index (χ3v) is 2.06. The topological polar surface area (TPSA) is 52.6 Å². The van der Waals surface area contributed by atoms with Gasteiger partial charge in [0.05, 0.1) is 11.1 Å². The van der Waals surface area contributed by atoms with E-state index in [4.69, 9.17) is 16.3 Å². The third-order valence-electron chi connectivity index (χ3n) is 1.95. The zero-order chi connectivity index (χ0) is 13.8. The number of carbonyl (C=O) groups excluding carboxylic acids is 2. The second-order valence-electron chi connectivity index (χ2n) is 4.59. The lowest BCUT2D eigenvalue weighted by Gasteiger charge is -2.20. The molecule has 0 amide bonds. The van der Waals surface area contributed by atoms with Crippen molar-refractivity contribution >= 4 is 23.5 Å². The average Bonchev–Trinajstić information content (AvgIpc) is 2.27. The number of hydrogen-bond acceptors (Lipinski definition) is 4. The van der Waals surface area contributed by atoms with Gasteiger partial charge in [-0.25, -0.2) is 9.59 Å². The highest BCUT2D eigenvalue weighted by Crippen LogP contribution is 2.16. The van der Waals surface area contributed by atoms with Gasteiger partial charge >= 0.3 is 11.9 Å².